The Morgan fingerprint density at radius 3 is 2.45 bits per heavy atom. The molecule has 0 atom stereocenters. The van der Waals surface area contributed by atoms with Gasteiger partial charge in [0.25, 0.3) is 5.91 Å². The fourth-order valence-corrected chi connectivity index (χ4v) is 3.17. The average Bonchev–Trinajstić information content (AvgIpc) is 3.17. The van der Waals surface area contributed by atoms with Gasteiger partial charge in [0.1, 0.15) is 0 Å². The van der Waals surface area contributed by atoms with Gasteiger partial charge in [0.2, 0.25) is 5.91 Å². The predicted octanol–water partition coefficient (Wildman–Crippen LogP) is 1.45. The lowest BCUT2D eigenvalue weighted by molar-refractivity contribution is -0.131. The molecule has 2 heterocycles. The summed E-state index contributed by atoms with van der Waals surface area (Å²) in [6.07, 6.45) is 2.59. The van der Waals surface area contributed by atoms with Crippen LogP contribution in [0.5, 0.6) is 0 Å². The number of carbonyl (C=O) groups is 2. The Hall–Kier alpha value is -1.11. The van der Waals surface area contributed by atoms with Gasteiger partial charge in [0, 0.05) is 31.6 Å². The number of halogens is 1. The highest BCUT2D eigenvalue weighted by Crippen LogP contribution is 2.27. The van der Waals surface area contributed by atoms with Crippen molar-refractivity contribution in [2.45, 2.75) is 12.8 Å². The van der Waals surface area contributed by atoms with Crippen molar-refractivity contribution in [3.63, 3.8) is 0 Å². The molecule has 5 nitrogen and oxygen atoms in total. The molecule has 1 N–H and O–H groups in total. The number of rotatable bonds is 5. The van der Waals surface area contributed by atoms with Crippen molar-refractivity contribution in [3.8, 4) is 0 Å². The summed E-state index contributed by atoms with van der Waals surface area (Å²) in [6.45, 7) is 3.92. The Bertz CT molecular complexity index is 497. The molecule has 2 amide bonds. The zero-order chi connectivity index (χ0) is 14.7. The van der Waals surface area contributed by atoms with Crippen molar-refractivity contribution in [1.82, 2.24) is 15.1 Å². The lowest BCUT2D eigenvalue weighted by Crippen LogP contribution is -2.52. The van der Waals surface area contributed by atoms with Crippen LogP contribution < -0.4 is 5.32 Å². The molecule has 2 aliphatic rings. The van der Waals surface area contributed by atoms with Crippen LogP contribution in [0.15, 0.2) is 16.8 Å². The molecule has 22 heavy (non-hydrogen) atoms. The van der Waals surface area contributed by atoms with Gasteiger partial charge in [0.15, 0.2) is 0 Å². The summed E-state index contributed by atoms with van der Waals surface area (Å²) in [5.74, 6) is 1.02. The molecule has 0 spiro atoms. The van der Waals surface area contributed by atoms with Gasteiger partial charge in [-0.2, -0.15) is 11.3 Å². The first-order valence-electron chi connectivity index (χ1n) is 7.54. The van der Waals surface area contributed by atoms with Gasteiger partial charge in [0.05, 0.1) is 12.1 Å². The minimum absolute atomic E-state index is 0. The molecule has 2 fully saturated rings. The number of nitrogens with one attached hydrogen (secondary N) is 1. The molecule has 0 bridgehead atoms. The number of hydrogen-bond acceptors (Lipinski definition) is 4. The lowest BCUT2D eigenvalue weighted by atomic mass is 10.2. The fraction of sp³-hybridized carbons (Fsp3) is 0.600. The first-order chi connectivity index (χ1) is 10.2. The minimum atomic E-state index is 0. The second kappa shape index (κ2) is 7.94. The van der Waals surface area contributed by atoms with E-state index in [4.69, 9.17) is 0 Å². The first-order valence-corrected chi connectivity index (χ1v) is 8.48. The monoisotopic (exact) mass is 343 g/mol. The van der Waals surface area contributed by atoms with Crippen LogP contribution in [0.3, 0.4) is 0 Å². The molecule has 1 saturated heterocycles. The highest BCUT2D eigenvalue weighted by Gasteiger charge is 2.25. The number of nitrogens with zero attached hydrogens (tertiary/aromatic N) is 2. The fourth-order valence-electron chi connectivity index (χ4n) is 2.54. The van der Waals surface area contributed by atoms with E-state index in [1.54, 1.807) is 0 Å². The van der Waals surface area contributed by atoms with Crippen LogP contribution in [0.1, 0.15) is 23.2 Å². The van der Waals surface area contributed by atoms with Gasteiger partial charge in [-0.15, -0.1) is 12.4 Å². The quantitative estimate of drug-likeness (QED) is 0.880. The topological polar surface area (TPSA) is 52.7 Å². The molecule has 1 aliphatic heterocycles. The highest BCUT2D eigenvalue weighted by molar-refractivity contribution is 7.08. The zero-order valence-corrected chi connectivity index (χ0v) is 14.1. The Morgan fingerprint density at radius 2 is 1.86 bits per heavy atom. The second-order valence-corrected chi connectivity index (χ2v) is 6.54. The maximum absolute atomic E-state index is 12.2. The summed E-state index contributed by atoms with van der Waals surface area (Å²) in [4.78, 5) is 28.0. The lowest BCUT2D eigenvalue weighted by Gasteiger charge is -2.34. The van der Waals surface area contributed by atoms with Crippen LogP contribution in [0.4, 0.5) is 0 Å². The molecule has 3 rings (SSSR count). The first kappa shape index (κ1) is 17.2. The normalized spacial score (nSPS) is 18.0. The standard InChI is InChI=1S/C15H21N3O2S.ClH/c19-14(10-16-9-12-1-2-12)17-4-6-18(7-5-17)15(20)13-3-8-21-11-13;/h3,8,11-12,16H,1-2,4-7,9-10H2;1H. The summed E-state index contributed by atoms with van der Waals surface area (Å²) in [7, 11) is 0. The maximum Gasteiger partial charge on any atom is 0.254 e. The van der Waals surface area contributed by atoms with E-state index in [9.17, 15) is 9.59 Å². The van der Waals surface area contributed by atoms with Crippen molar-refractivity contribution in [3.05, 3.63) is 22.4 Å². The summed E-state index contributed by atoms with van der Waals surface area (Å²) in [6, 6.07) is 1.85. The number of carbonyl (C=O) groups excluding carboxylic acids is 2. The summed E-state index contributed by atoms with van der Waals surface area (Å²) >= 11 is 1.53. The second-order valence-electron chi connectivity index (χ2n) is 5.76. The molecule has 1 saturated carbocycles. The number of thiophene rings is 1. The third-order valence-corrected chi connectivity index (χ3v) is 4.78. The molecule has 0 radical (unpaired) electrons. The Balaban J connectivity index is 0.00000176. The summed E-state index contributed by atoms with van der Waals surface area (Å²) in [5.41, 5.74) is 0.755. The van der Waals surface area contributed by atoms with E-state index in [1.165, 1.54) is 24.2 Å². The third-order valence-electron chi connectivity index (χ3n) is 4.09. The van der Waals surface area contributed by atoms with Crippen LogP contribution in [0, 0.1) is 5.92 Å². The Morgan fingerprint density at radius 1 is 1.18 bits per heavy atom. The van der Waals surface area contributed by atoms with Crippen LogP contribution >= 0.6 is 23.7 Å². The Labute approximate surface area is 141 Å². The maximum atomic E-state index is 12.2. The smallest absolute Gasteiger partial charge is 0.254 e. The van der Waals surface area contributed by atoms with Crippen molar-refractivity contribution < 1.29 is 9.59 Å². The van der Waals surface area contributed by atoms with E-state index in [-0.39, 0.29) is 24.2 Å². The average molecular weight is 344 g/mol. The van der Waals surface area contributed by atoms with Crippen molar-refractivity contribution >= 4 is 35.6 Å². The molecular formula is C15H22ClN3O2S. The van der Waals surface area contributed by atoms with Crippen LogP contribution in [-0.2, 0) is 4.79 Å². The molecule has 1 aromatic rings. The minimum Gasteiger partial charge on any atom is -0.338 e. The zero-order valence-electron chi connectivity index (χ0n) is 12.5. The largest absolute Gasteiger partial charge is 0.338 e. The Kier molecular flexibility index (Phi) is 6.23. The van der Waals surface area contributed by atoms with E-state index in [2.05, 4.69) is 5.32 Å². The molecule has 1 aliphatic carbocycles. The van der Waals surface area contributed by atoms with Gasteiger partial charge in [-0.05, 0) is 36.8 Å². The van der Waals surface area contributed by atoms with E-state index < -0.39 is 0 Å². The summed E-state index contributed by atoms with van der Waals surface area (Å²) in [5, 5.41) is 7.02. The molecule has 1 aromatic heterocycles. The predicted molar refractivity (Wildman–Crippen MR) is 89.6 cm³/mol. The molecule has 0 unspecified atom stereocenters. The van der Waals surface area contributed by atoms with Crippen molar-refractivity contribution in [2.75, 3.05) is 39.3 Å². The summed E-state index contributed by atoms with van der Waals surface area (Å²) < 4.78 is 0. The van der Waals surface area contributed by atoms with Gasteiger partial charge >= 0.3 is 0 Å². The molecule has 0 aromatic carbocycles. The van der Waals surface area contributed by atoms with Crippen LogP contribution in [0.25, 0.3) is 0 Å². The van der Waals surface area contributed by atoms with E-state index in [1.807, 2.05) is 26.6 Å². The van der Waals surface area contributed by atoms with Gasteiger partial charge in [-0.25, -0.2) is 0 Å². The van der Waals surface area contributed by atoms with Gasteiger partial charge in [-0.1, -0.05) is 0 Å². The molecular weight excluding hydrogens is 322 g/mol. The van der Waals surface area contributed by atoms with Crippen molar-refractivity contribution in [1.29, 1.82) is 0 Å². The van der Waals surface area contributed by atoms with Crippen LogP contribution in [-0.4, -0.2) is 60.9 Å². The van der Waals surface area contributed by atoms with Gasteiger partial charge in [-0.3, -0.25) is 9.59 Å². The van der Waals surface area contributed by atoms with Gasteiger partial charge < -0.3 is 15.1 Å². The third kappa shape index (κ3) is 4.44. The number of amides is 2. The van der Waals surface area contributed by atoms with Crippen LogP contribution in [0.2, 0.25) is 0 Å². The highest BCUT2D eigenvalue weighted by atomic mass is 35.5. The molecule has 122 valence electrons. The van der Waals surface area contributed by atoms with Crippen molar-refractivity contribution in [2.24, 2.45) is 5.92 Å². The number of piperazine rings is 1. The molecule has 7 heteroatoms. The van der Waals surface area contributed by atoms with E-state index in [0.717, 1.165) is 18.0 Å². The van der Waals surface area contributed by atoms with E-state index >= 15 is 0 Å². The van der Waals surface area contributed by atoms with E-state index in [0.29, 0.717) is 32.7 Å². The SMILES string of the molecule is Cl.O=C(CNCC1CC1)N1CCN(C(=O)c2ccsc2)CC1. The number of hydrogen-bond donors (Lipinski definition) is 1.